The summed E-state index contributed by atoms with van der Waals surface area (Å²) in [5.41, 5.74) is 1.19. The maximum atomic E-state index is 5.67. The van der Waals surface area contributed by atoms with Gasteiger partial charge in [0.2, 0.25) is 0 Å². The third-order valence-electron chi connectivity index (χ3n) is 3.12. The molecule has 0 aliphatic rings. The van der Waals surface area contributed by atoms with E-state index in [1.165, 1.54) is 5.56 Å². The lowest BCUT2D eigenvalue weighted by Gasteiger charge is -2.05. The number of furan rings is 1. The van der Waals surface area contributed by atoms with Gasteiger partial charge in [-0.15, -0.1) is 0 Å². The van der Waals surface area contributed by atoms with Crippen molar-refractivity contribution in [3.63, 3.8) is 0 Å². The van der Waals surface area contributed by atoms with Gasteiger partial charge in [-0.3, -0.25) is 0 Å². The van der Waals surface area contributed by atoms with Crippen molar-refractivity contribution in [2.75, 3.05) is 19.8 Å². The van der Waals surface area contributed by atoms with E-state index in [0.717, 1.165) is 30.4 Å². The molecule has 0 saturated carbocycles. The van der Waals surface area contributed by atoms with Crippen molar-refractivity contribution in [1.82, 2.24) is 5.32 Å². The van der Waals surface area contributed by atoms with Gasteiger partial charge in [0.15, 0.2) is 0 Å². The molecule has 0 saturated heterocycles. The van der Waals surface area contributed by atoms with Gasteiger partial charge in [0.1, 0.15) is 30.5 Å². The summed E-state index contributed by atoms with van der Waals surface area (Å²) in [5.74, 6) is 2.68. The van der Waals surface area contributed by atoms with Gasteiger partial charge in [-0.1, -0.05) is 25.1 Å². The molecule has 0 aliphatic heterocycles. The standard InChI is InChI=1S/C17H23NO3/c1-3-18-12-15-11-17(21-14(15)2)13-19-9-10-20-16-7-5-4-6-8-16/h4-8,11,18H,3,9-10,12-13H2,1-2H3. The van der Waals surface area contributed by atoms with Gasteiger partial charge in [-0.25, -0.2) is 0 Å². The summed E-state index contributed by atoms with van der Waals surface area (Å²) in [6.45, 7) is 7.41. The van der Waals surface area contributed by atoms with E-state index in [0.29, 0.717) is 19.8 Å². The lowest BCUT2D eigenvalue weighted by Crippen LogP contribution is -2.11. The molecule has 0 atom stereocenters. The molecule has 0 unspecified atom stereocenters. The van der Waals surface area contributed by atoms with Crippen molar-refractivity contribution in [1.29, 1.82) is 0 Å². The van der Waals surface area contributed by atoms with Gasteiger partial charge >= 0.3 is 0 Å². The van der Waals surface area contributed by atoms with E-state index >= 15 is 0 Å². The molecule has 0 radical (unpaired) electrons. The van der Waals surface area contributed by atoms with E-state index in [4.69, 9.17) is 13.9 Å². The highest BCUT2D eigenvalue weighted by Gasteiger charge is 2.06. The third-order valence-corrected chi connectivity index (χ3v) is 3.12. The monoisotopic (exact) mass is 289 g/mol. The van der Waals surface area contributed by atoms with Crippen LogP contribution in [0.15, 0.2) is 40.8 Å². The summed E-state index contributed by atoms with van der Waals surface area (Å²) in [6.07, 6.45) is 0. The lowest BCUT2D eigenvalue weighted by atomic mass is 10.2. The smallest absolute Gasteiger partial charge is 0.130 e. The minimum absolute atomic E-state index is 0.477. The van der Waals surface area contributed by atoms with E-state index in [1.54, 1.807) is 0 Å². The summed E-state index contributed by atoms with van der Waals surface area (Å²) < 4.78 is 16.8. The summed E-state index contributed by atoms with van der Waals surface area (Å²) >= 11 is 0. The highest BCUT2D eigenvalue weighted by Crippen LogP contribution is 2.15. The van der Waals surface area contributed by atoms with Gasteiger partial charge in [0.05, 0.1) is 6.61 Å². The first kappa shape index (κ1) is 15.6. The Labute approximate surface area is 126 Å². The average Bonchev–Trinajstić information content (AvgIpc) is 2.86. The molecule has 0 bridgehead atoms. The Morgan fingerprint density at radius 3 is 2.71 bits per heavy atom. The molecule has 1 aromatic heterocycles. The van der Waals surface area contributed by atoms with Crippen molar-refractivity contribution < 1.29 is 13.9 Å². The molecular weight excluding hydrogens is 266 g/mol. The number of para-hydroxylation sites is 1. The Bertz CT molecular complexity index is 522. The highest BCUT2D eigenvalue weighted by atomic mass is 16.5. The molecule has 1 aromatic carbocycles. The van der Waals surface area contributed by atoms with Crippen LogP contribution >= 0.6 is 0 Å². The fraction of sp³-hybridized carbons (Fsp3) is 0.412. The zero-order valence-electron chi connectivity index (χ0n) is 12.7. The van der Waals surface area contributed by atoms with Crippen LogP contribution in [0.25, 0.3) is 0 Å². The first-order valence-corrected chi connectivity index (χ1v) is 7.34. The second-order valence-electron chi connectivity index (χ2n) is 4.79. The SMILES string of the molecule is CCNCc1cc(COCCOc2ccccc2)oc1C. The largest absolute Gasteiger partial charge is 0.491 e. The van der Waals surface area contributed by atoms with Crippen LogP contribution in [0.1, 0.15) is 24.0 Å². The van der Waals surface area contributed by atoms with Gasteiger partial charge in [-0.2, -0.15) is 0 Å². The molecule has 0 spiro atoms. The zero-order valence-corrected chi connectivity index (χ0v) is 12.7. The van der Waals surface area contributed by atoms with Crippen molar-refractivity contribution in [3.05, 3.63) is 53.5 Å². The first-order valence-electron chi connectivity index (χ1n) is 7.34. The minimum atomic E-state index is 0.477. The van der Waals surface area contributed by atoms with Crippen molar-refractivity contribution in [3.8, 4) is 5.75 Å². The second-order valence-corrected chi connectivity index (χ2v) is 4.79. The second kappa shape index (κ2) is 8.49. The quantitative estimate of drug-likeness (QED) is 0.719. The Hall–Kier alpha value is -1.78. The average molecular weight is 289 g/mol. The van der Waals surface area contributed by atoms with Crippen LogP contribution in [0.5, 0.6) is 5.75 Å². The number of ether oxygens (including phenoxy) is 2. The molecule has 0 fully saturated rings. The van der Waals surface area contributed by atoms with E-state index in [2.05, 4.69) is 18.3 Å². The molecule has 21 heavy (non-hydrogen) atoms. The fourth-order valence-corrected chi connectivity index (χ4v) is 2.00. The Balaban J connectivity index is 1.66. The van der Waals surface area contributed by atoms with Crippen LogP contribution in [0.2, 0.25) is 0 Å². The first-order chi connectivity index (χ1) is 10.3. The molecule has 4 nitrogen and oxygen atoms in total. The molecule has 2 rings (SSSR count). The number of rotatable bonds is 9. The predicted molar refractivity (Wildman–Crippen MR) is 82.4 cm³/mol. The number of nitrogens with one attached hydrogen (secondary N) is 1. The lowest BCUT2D eigenvalue weighted by molar-refractivity contribution is 0.0777. The Kier molecular flexibility index (Phi) is 6.31. The number of benzene rings is 1. The van der Waals surface area contributed by atoms with Crippen LogP contribution in [0, 0.1) is 6.92 Å². The Morgan fingerprint density at radius 1 is 1.14 bits per heavy atom. The molecular formula is C17H23NO3. The molecule has 114 valence electrons. The number of aryl methyl sites for hydroxylation is 1. The molecule has 1 heterocycles. The van der Waals surface area contributed by atoms with Crippen LogP contribution in [0.4, 0.5) is 0 Å². The van der Waals surface area contributed by atoms with Gasteiger partial charge in [0, 0.05) is 12.1 Å². The highest BCUT2D eigenvalue weighted by molar-refractivity contribution is 5.21. The zero-order chi connectivity index (χ0) is 14.9. The fourth-order valence-electron chi connectivity index (χ4n) is 2.00. The topological polar surface area (TPSA) is 43.6 Å². The summed E-state index contributed by atoms with van der Waals surface area (Å²) in [6, 6.07) is 11.8. The molecule has 2 aromatic rings. The molecule has 0 amide bonds. The maximum Gasteiger partial charge on any atom is 0.130 e. The number of hydrogen-bond donors (Lipinski definition) is 1. The van der Waals surface area contributed by atoms with Crippen molar-refractivity contribution in [2.45, 2.75) is 27.0 Å². The van der Waals surface area contributed by atoms with Crippen LogP contribution in [0.3, 0.4) is 0 Å². The van der Waals surface area contributed by atoms with Crippen molar-refractivity contribution >= 4 is 0 Å². The molecule has 0 aliphatic carbocycles. The predicted octanol–water partition coefficient (Wildman–Crippen LogP) is 3.29. The third kappa shape index (κ3) is 5.25. The van der Waals surface area contributed by atoms with E-state index in [9.17, 15) is 0 Å². The van der Waals surface area contributed by atoms with Gasteiger partial charge in [-0.05, 0) is 31.7 Å². The van der Waals surface area contributed by atoms with Gasteiger partial charge < -0.3 is 19.2 Å². The van der Waals surface area contributed by atoms with Crippen LogP contribution < -0.4 is 10.1 Å². The molecule has 4 heteroatoms. The Morgan fingerprint density at radius 2 is 1.95 bits per heavy atom. The summed E-state index contributed by atoms with van der Waals surface area (Å²) in [5, 5.41) is 3.29. The maximum absolute atomic E-state index is 5.67. The number of hydrogen-bond acceptors (Lipinski definition) is 4. The van der Waals surface area contributed by atoms with Crippen LogP contribution in [-0.2, 0) is 17.9 Å². The normalized spacial score (nSPS) is 10.8. The molecule has 1 N–H and O–H groups in total. The van der Waals surface area contributed by atoms with Crippen LogP contribution in [-0.4, -0.2) is 19.8 Å². The summed E-state index contributed by atoms with van der Waals surface area (Å²) in [4.78, 5) is 0. The minimum Gasteiger partial charge on any atom is -0.491 e. The van der Waals surface area contributed by atoms with Crippen molar-refractivity contribution in [2.24, 2.45) is 0 Å². The van der Waals surface area contributed by atoms with E-state index in [-0.39, 0.29) is 0 Å². The van der Waals surface area contributed by atoms with E-state index in [1.807, 2.05) is 37.3 Å². The van der Waals surface area contributed by atoms with Gasteiger partial charge in [0.25, 0.3) is 0 Å². The van der Waals surface area contributed by atoms with E-state index < -0.39 is 0 Å². The summed E-state index contributed by atoms with van der Waals surface area (Å²) in [7, 11) is 0.